The van der Waals surface area contributed by atoms with Gasteiger partial charge in [-0.1, -0.05) is 18.6 Å². The van der Waals surface area contributed by atoms with Crippen molar-refractivity contribution in [2.24, 2.45) is 5.73 Å². The van der Waals surface area contributed by atoms with Crippen LogP contribution in [-0.4, -0.2) is 31.1 Å². The lowest BCUT2D eigenvalue weighted by atomic mass is 9.91. The molecule has 1 aliphatic carbocycles. The molecule has 0 aliphatic heterocycles. The highest BCUT2D eigenvalue weighted by molar-refractivity contribution is 5.27. The summed E-state index contributed by atoms with van der Waals surface area (Å²) in [6.07, 6.45) is 4.03. The van der Waals surface area contributed by atoms with Crippen LogP contribution in [0.2, 0.25) is 0 Å². The van der Waals surface area contributed by atoms with Crippen LogP contribution in [0.1, 0.15) is 24.8 Å². The normalized spacial score (nSPS) is 15.9. The van der Waals surface area contributed by atoms with Crippen molar-refractivity contribution in [2.75, 3.05) is 20.2 Å². The fourth-order valence-corrected chi connectivity index (χ4v) is 2.27. The fourth-order valence-electron chi connectivity index (χ4n) is 2.27. The van der Waals surface area contributed by atoms with Gasteiger partial charge < -0.3 is 10.5 Å². The highest BCUT2D eigenvalue weighted by atomic mass is 16.5. The average Bonchev–Trinajstić information content (AvgIpc) is 2.28. The van der Waals surface area contributed by atoms with E-state index in [2.05, 4.69) is 17.0 Å². The summed E-state index contributed by atoms with van der Waals surface area (Å²) in [5.74, 6) is 0.919. The van der Waals surface area contributed by atoms with Gasteiger partial charge in [-0.25, -0.2) is 0 Å². The van der Waals surface area contributed by atoms with Crippen LogP contribution in [0.3, 0.4) is 0 Å². The fraction of sp³-hybridized carbons (Fsp3) is 0.571. The van der Waals surface area contributed by atoms with E-state index in [0.717, 1.165) is 31.4 Å². The van der Waals surface area contributed by atoms with Gasteiger partial charge in [-0.3, -0.25) is 4.90 Å². The summed E-state index contributed by atoms with van der Waals surface area (Å²) >= 11 is 0. The number of hydrogen-bond donors (Lipinski definition) is 1. The van der Waals surface area contributed by atoms with Gasteiger partial charge in [-0.15, -0.1) is 0 Å². The summed E-state index contributed by atoms with van der Waals surface area (Å²) in [4.78, 5) is 2.51. The van der Waals surface area contributed by atoms with Crippen LogP contribution in [0.25, 0.3) is 0 Å². The Morgan fingerprint density at radius 2 is 2.00 bits per heavy atom. The molecule has 1 saturated carbocycles. The molecule has 1 fully saturated rings. The summed E-state index contributed by atoms with van der Waals surface area (Å²) in [7, 11) is 1.70. The van der Waals surface area contributed by atoms with Gasteiger partial charge in [0.2, 0.25) is 0 Å². The maximum absolute atomic E-state index is 5.68. The van der Waals surface area contributed by atoms with Crippen LogP contribution in [-0.2, 0) is 6.54 Å². The molecule has 0 amide bonds. The van der Waals surface area contributed by atoms with Crippen LogP contribution < -0.4 is 10.5 Å². The van der Waals surface area contributed by atoms with Crippen molar-refractivity contribution >= 4 is 0 Å². The van der Waals surface area contributed by atoms with Gasteiger partial charge in [-0.05, 0) is 30.5 Å². The van der Waals surface area contributed by atoms with E-state index in [9.17, 15) is 0 Å². The first-order chi connectivity index (χ1) is 8.33. The molecule has 2 N–H and O–H groups in total. The first kappa shape index (κ1) is 12.4. The summed E-state index contributed by atoms with van der Waals surface area (Å²) in [6.45, 7) is 2.75. The van der Waals surface area contributed by atoms with Crippen LogP contribution in [0.5, 0.6) is 5.75 Å². The molecule has 17 heavy (non-hydrogen) atoms. The van der Waals surface area contributed by atoms with Gasteiger partial charge in [0.25, 0.3) is 0 Å². The lowest BCUT2D eigenvalue weighted by Gasteiger charge is -2.37. The largest absolute Gasteiger partial charge is 0.497 e. The van der Waals surface area contributed by atoms with E-state index in [-0.39, 0.29) is 0 Å². The number of nitrogens with two attached hydrogens (primary N) is 1. The van der Waals surface area contributed by atoms with Gasteiger partial charge >= 0.3 is 0 Å². The van der Waals surface area contributed by atoms with Crippen molar-refractivity contribution in [1.82, 2.24) is 4.90 Å². The molecule has 0 spiro atoms. The number of ether oxygens (including phenoxy) is 1. The van der Waals surface area contributed by atoms with Crippen molar-refractivity contribution in [2.45, 2.75) is 31.8 Å². The number of rotatable bonds is 6. The topological polar surface area (TPSA) is 38.5 Å². The van der Waals surface area contributed by atoms with Gasteiger partial charge in [0.1, 0.15) is 5.75 Å². The molecule has 1 aromatic carbocycles. The van der Waals surface area contributed by atoms with E-state index in [1.165, 1.54) is 24.8 Å². The predicted molar refractivity (Wildman–Crippen MR) is 70.1 cm³/mol. The highest BCUT2D eigenvalue weighted by Crippen LogP contribution is 2.26. The second kappa shape index (κ2) is 6.03. The molecule has 0 atom stereocenters. The summed E-state index contributed by atoms with van der Waals surface area (Å²) in [5, 5.41) is 0. The molecule has 94 valence electrons. The first-order valence-electron chi connectivity index (χ1n) is 6.40. The van der Waals surface area contributed by atoms with Gasteiger partial charge in [0, 0.05) is 25.7 Å². The minimum atomic E-state index is 0.743. The van der Waals surface area contributed by atoms with Crippen LogP contribution >= 0.6 is 0 Å². The molecule has 3 heteroatoms. The van der Waals surface area contributed by atoms with Gasteiger partial charge in [0.15, 0.2) is 0 Å². The SMILES string of the molecule is COc1ccc(CN(CCN)C2CCC2)cc1. The molecule has 2 rings (SSSR count). The van der Waals surface area contributed by atoms with Gasteiger partial charge in [-0.2, -0.15) is 0 Å². The van der Waals surface area contributed by atoms with E-state index in [4.69, 9.17) is 10.5 Å². The van der Waals surface area contributed by atoms with Crippen molar-refractivity contribution in [3.05, 3.63) is 29.8 Å². The Morgan fingerprint density at radius 3 is 2.47 bits per heavy atom. The summed E-state index contributed by atoms with van der Waals surface area (Å²) in [6, 6.07) is 9.08. The Morgan fingerprint density at radius 1 is 1.29 bits per heavy atom. The van der Waals surface area contributed by atoms with Crippen molar-refractivity contribution in [3.8, 4) is 5.75 Å². The van der Waals surface area contributed by atoms with Crippen LogP contribution in [0, 0.1) is 0 Å². The van der Waals surface area contributed by atoms with Crippen LogP contribution in [0.4, 0.5) is 0 Å². The molecule has 1 aliphatic rings. The molecule has 0 bridgehead atoms. The monoisotopic (exact) mass is 234 g/mol. The number of hydrogen-bond acceptors (Lipinski definition) is 3. The van der Waals surface area contributed by atoms with Crippen molar-refractivity contribution in [1.29, 1.82) is 0 Å². The van der Waals surface area contributed by atoms with Crippen molar-refractivity contribution < 1.29 is 4.74 Å². The average molecular weight is 234 g/mol. The zero-order valence-corrected chi connectivity index (χ0v) is 10.6. The minimum absolute atomic E-state index is 0.743. The Balaban J connectivity index is 1.95. The molecule has 0 saturated heterocycles. The Kier molecular flexibility index (Phi) is 4.40. The second-order valence-electron chi connectivity index (χ2n) is 4.69. The third-order valence-corrected chi connectivity index (χ3v) is 3.55. The highest BCUT2D eigenvalue weighted by Gasteiger charge is 2.24. The summed E-state index contributed by atoms with van der Waals surface area (Å²) < 4.78 is 5.17. The molecule has 1 aromatic rings. The smallest absolute Gasteiger partial charge is 0.118 e. The molecular formula is C14H22N2O. The molecule has 0 aromatic heterocycles. The van der Waals surface area contributed by atoms with E-state index in [1.807, 2.05) is 12.1 Å². The molecule has 0 heterocycles. The number of nitrogens with zero attached hydrogens (tertiary/aromatic N) is 1. The zero-order chi connectivity index (χ0) is 12.1. The third-order valence-electron chi connectivity index (χ3n) is 3.55. The molecular weight excluding hydrogens is 212 g/mol. The molecule has 0 radical (unpaired) electrons. The molecule has 0 unspecified atom stereocenters. The van der Waals surface area contributed by atoms with Crippen molar-refractivity contribution in [3.63, 3.8) is 0 Å². The lowest BCUT2D eigenvalue weighted by Crippen LogP contribution is -2.42. The third kappa shape index (κ3) is 3.20. The Bertz CT molecular complexity index is 333. The number of methoxy groups -OCH3 is 1. The Labute approximate surface area is 104 Å². The zero-order valence-electron chi connectivity index (χ0n) is 10.6. The first-order valence-corrected chi connectivity index (χ1v) is 6.40. The second-order valence-corrected chi connectivity index (χ2v) is 4.69. The standard InChI is InChI=1S/C14H22N2O/c1-17-14-7-5-12(6-8-14)11-16(10-9-15)13-3-2-4-13/h5-8,13H,2-4,9-11,15H2,1H3. The Hall–Kier alpha value is -1.06. The van der Waals surface area contributed by atoms with Crippen LogP contribution in [0.15, 0.2) is 24.3 Å². The quantitative estimate of drug-likeness (QED) is 0.818. The predicted octanol–water partition coefficient (Wildman–Crippen LogP) is 2.01. The molecule has 3 nitrogen and oxygen atoms in total. The maximum atomic E-state index is 5.68. The summed E-state index contributed by atoms with van der Waals surface area (Å²) in [5.41, 5.74) is 7.02. The minimum Gasteiger partial charge on any atom is -0.497 e. The van der Waals surface area contributed by atoms with E-state index in [0.29, 0.717) is 0 Å². The van der Waals surface area contributed by atoms with E-state index in [1.54, 1.807) is 7.11 Å². The number of benzene rings is 1. The lowest BCUT2D eigenvalue weighted by molar-refractivity contribution is 0.123. The maximum Gasteiger partial charge on any atom is 0.118 e. The van der Waals surface area contributed by atoms with E-state index >= 15 is 0 Å². The van der Waals surface area contributed by atoms with Gasteiger partial charge in [0.05, 0.1) is 7.11 Å². The van der Waals surface area contributed by atoms with E-state index < -0.39 is 0 Å².